The first-order chi connectivity index (χ1) is 9.21. The monoisotopic (exact) mass is 324 g/mol. The summed E-state index contributed by atoms with van der Waals surface area (Å²) < 4.78 is 2.71. The molecule has 1 saturated carbocycles. The van der Waals surface area contributed by atoms with Gasteiger partial charge in [0.25, 0.3) is 0 Å². The van der Waals surface area contributed by atoms with Crippen molar-refractivity contribution in [1.82, 2.24) is 14.6 Å². The van der Waals surface area contributed by atoms with Gasteiger partial charge in [0.15, 0.2) is 5.65 Å². The van der Waals surface area contributed by atoms with E-state index in [0.29, 0.717) is 5.95 Å². The molecule has 0 unspecified atom stereocenters. The van der Waals surface area contributed by atoms with Gasteiger partial charge < -0.3 is 10.4 Å². The molecule has 1 fully saturated rings. The van der Waals surface area contributed by atoms with E-state index in [2.05, 4.69) is 31.3 Å². The minimum absolute atomic E-state index is 0.0120. The van der Waals surface area contributed by atoms with E-state index in [4.69, 9.17) is 0 Å². The van der Waals surface area contributed by atoms with E-state index in [1.54, 1.807) is 4.52 Å². The molecule has 2 heterocycles. The molecule has 2 aromatic rings. The number of nitrogens with one attached hydrogen (secondary N) is 1. The zero-order chi connectivity index (χ0) is 13.3. The molecule has 2 N–H and O–H groups in total. The summed E-state index contributed by atoms with van der Waals surface area (Å²) in [6.07, 6.45) is 6.44. The molecule has 2 aromatic heterocycles. The lowest BCUT2D eigenvalue weighted by molar-refractivity contribution is 0.142. The van der Waals surface area contributed by atoms with Crippen LogP contribution in [0.5, 0.6) is 0 Å². The van der Waals surface area contributed by atoms with E-state index in [1.165, 1.54) is 12.8 Å². The molecule has 19 heavy (non-hydrogen) atoms. The molecule has 0 radical (unpaired) electrons. The molecule has 0 amide bonds. The number of aliphatic hydroxyl groups excluding tert-OH is 1. The van der Waals surface area contributed by atoms with Crippen LogP contribution in [0.15, 0.2) is 22.8 Å². The quantitative estimate of drug-likeness (QED) is 0.906. The van der Waals surface area contributed by atoms with Gasteiger partial charge in [-0.3, -0.25) is 0 Å². The second-order valence-electron chi connectivity index (χ2n) is 5.30. The van der Waals surface area contributed by atoms with Gasteiger partial charge in [0.1, 0.15) is 0 Å². The number of aliphatic hydroxyl groups is 1. The topological polar surface area (TPSA) is 62.5 Å². The third kappa shape index (κ3) is 2.60. The Morgan fingerprint density at radius 3 is 2.89 bits per heavy atom. The number of nitrogens with zero attached hydrogens (tertiary/aromatic N) is 3. The second-order valence-corrected chi connectivity index (χ2v) is 6.22. The highest BCUT2D eigenvalue weighted by Gasteiger charge is 2.33. The van der Waals surface area contributed by atoms with E-state index in [9.17, 15) is 5.11 Å². The molecule has 0 aromatic carbocycles. The number of rotatable bonds is 4. The van der Waals surface area contributed by atoms with Crippen LogP contribution < -0.4 is 5.32 Å². The maximum absolute atomic E-state index is 9.58. The van der Waals surface area contributed by atoms with Gasteiger partial charge in [-0.1, -0.05) is 12.8 Å². The van der Waals surface area contributed by atoms with Crippen LogP contribution in [0.1, 0.15) is 25.7 Å². The van der Waals surface area contributed by atoms with Crippen LogP contribution in [0, 0.1) is 5.41 Å². The van der Waals surface area contributed by atoms with Gasteiger partial charge in [0, 0.05) is 22.6 Å². The van der Waals surface area contributed by atoms with Crippen LogP contribution in [-0.4, -0.2) is 32.9 Å². The summed E-state index contributed by atoms with van der Waals surface area (Å²) in [5.74, 6) is 0.623. The summed E-state index contributed by atoms with van der Waals surface area (Å²) in [4.78, 5) is 4.42. The van der Waals surface area contributed by atoms with E-state index in [-0.39, 0.29) is 12.0 Å². The number of aromatic nitrogens is 3. The maximum atomic E-state index is 9.58. The Kier molecular flexibility index (Phi) is 3.45. The minimum atomic E-state index is 0.0120. The van der Waals surface area contributed by atoms with Crippen LogP contribution in [0.25, 0.3) is 5.65 Å². The summed E-state index contributed by atoms with van der Waals surface area (Å²) in [5, 5.41) is 17.2. The summed E-state index contributed by atoms with van der Waals surface area (Å²) in [5.41, 5.74) is 0.827. The first-order valence-electron chi connectivity index (χ1n) is 6.57. The van der Waals surface area contributed by atoms with Crippen molar-refractivity contribution in [2.24, 2.45) is 5.41 Å². The molecule has 5 nitrogen and oxygen atoms in total. The summed E-state index contributed by atoms with van der Waals surface area (Å²) >= 11 is 3.41. The highest BCUT2D eigenvalue weighted by molar-refractivity contribution is 9.10. The van der Waals surface area contributed by atoms with Crippen molar-refractivity contribution < 1.29 is 5.11 Å². The zero-order valence-corrected chi connectivity index (χ0v) is 12.2. The smallest absolute Gasteiger partial charge is 0.243 e. The molecule has 0 aliphatic heterocycles. The lowest BCUT2D eigenvalue weighted by Crippen LogP contribution is -2.30. The van der Waals surface area contributed by atoms with E-state index < -0.39 is 0 Å². The molecular formula is C13H17BrN4O. The van der Waals surface area contributed by atoms with Crippen molar-refractivity contribution in [3.8, 4) is 0 Å². The Labute approximate surface area is 120 Å². The Morgan fingerprint density at radius 1 is 1.37 bits per heavy atom. The van der Waals surface area contributed by atoms with Gasteiger partial charge in [0.05, 0.1) is 6.61 Å². The highest BCUT2D eigenvalue weighted by atomic mass is 79.9. The predicted octanol–water partition coefficient (Wildman–Crippen LogP) is 2.46. The van der Waals surface area contributed by atoms with Crippen molar-refractivity contribution in [2.45, 2.75) is 25.7 Å². The van der Waals surface area contributed by atoms with Crippen molar-refractivity contribution in [1.29, 1.82) is 0 Å². The average Bonchev–Trinajstić information content (AvgIpc) is 3.02. The van der Waals surface area contributed by atoms with Crippen molar-refractivity contribution in [3.63, 3.8) is 0 Å². The molecule has 3 rings (SSSR count). The summed E-state index contributed by atoms with van der Waals surface area (Å²) in [7, 11) is 0. The Balaban J connectivity index is 1.74. The normalized spacial score (nSPS) is 18.0. The van der Waals surface area contributed by atoms with Crippen molar-refractivity contribution in [3.05, 3.63) is 22.8 Å². The van der Waals surface area contributed by atoms with Gasteiger partial charge >= 0.3 is 0 Å². The SMILES string of the molecule is OCC1(CNc2nc3ccc(Br)cn3n2)CCCC1. The number of fused-ring (bicyclic) bond motifs is 1. The predicted molar refractivity (Wildman–Crippen MR) is 77.2 cm³/mol. The van der Waals surface area contributed by atoms with E-state index >= 15 is 0 Å². The van der Waals surface area contributed by atoms with Gasteiger partial charge in [-0.05, 0) is 40.9 Å². The van der Waals surface area contributed by atoms with E-state index in [1.807, 2.05) is 18.3 Å². The summed E-state index contributed by atoms with van der Waals surface area (Å²) in [6, 6.07) is 3.86. The molecule has 102 valence electrons. The van der Waals surface area contributed by atoms with Crippen LogP contribution in [0.4, 0.5) is 5.95 Å². The molecule has 0 bridgehead atoms. The average molecular weight is 325 g/mol. The van der Waals surface area contributed by atoms with Crippen molar-refractivity contribution >= 4 is 27.5 Å². The Hall–Kier alpha value is -1.14. The van der Waals surface area contributed by atoms with Gasteiger partial charge in [-0.15, -0.1) is 5.10 Å². The van der Waals surface area contributed by atoms with Crippen molar-refractivity contribution in [2.75, 3.05) is 18.5 Å². The third-order valence-electron chi connectivity index (χ3n) is 3.92. The molecular weight excluding hydrogens is 308 g/mol. The molecule has 0 atom stereocenters. The number of anilines is 1. The number of halogens is 1. The fourth-order valence-corrected chi connectivity index (χ4v) is 3.04. The van der Waals surface area contributed by atoms with Crippen LogP contribution in [-0.2, 0) is 0 Å². The second kappa shape index (κ2) is 5.09. The lowest BCUT2D eigenvalue weighted by Gasteiger charge is -2.26. The van der Waals surface area contributed by atoms with E-state index in [0.717, 1.165) is 29.5 Å². The highest BCUT2D eigenvalue weighted by Crippen LogP contribution is 2.37. The van der Waals surface area contributed by atoms with Crippen LogP contribution in [0.2, 0.25) is 0 Å². The Bertz CT molecular complexity index is 577. The Morgan fingerprint density at radius 2 is 2.16 bits per heavy atom. The number of hydrogen-bond donors (Lipinski definition) is 2. The standard InChI is InChI=1S/C13H17BrN4O/c14-10-3-4-11-16-12(17-18(11)7-10)15-8-13(9-19)5-1-2-6-13/h3-4,7,19H,1-2,5-6,8-9H2,(H,15,17). The maximum Gasteiger partial charge on any atom is 0.243 e. The fraction of sp³-hybridized carbons (Fsp3) is 0.538. The van der Waals surface area contributed by atoms with Crippen LogP contribution in [0.3, 0.4) is 0 Å². The largest absolute Gasteiger partial charge is 0.396 e. The number of pyridine rings is 1. The first-order valence-corrected chi connectivity index (χ1v) is 7.37. The molecule has 0 saturated heterocycles. The third-order valence-corrected chi connectivity index (χ3v) is 4.39. The van der Waals surface area contributed by atoms with Gasteiger partial charge in [-0.2, -0.15) is 4.98 Å². The first kappa shape index (κ1) is 12.9. The molecule has 0 spiro atoms. The van der Waals surface area contributed by atoms with Crippen LogP contribution >= 0.6 is 15.9 Å². The fourth-order valence-electron chi connectivity index (χ4n) is 2.72. The summed E-state index contributed by atoms with van der Waals surface area (Å²) in [6.45, 7) is 0.973. The zero-order valence-electron chi connectivity index (χ0n) is 10.6. The molecule has 6 heteroatoms. The minimum Gasteiger partial charge on any atom is -0.396 e. The lowest BCUT2D eigenvalue weighted by atomic mass is 9.87. The molecule has 1 aliphatic carbocycles. The number of hydrogen-bond acceptors (Lipinski definition) is 4. The van der Waals surface area contributed by atoms with Gasteiger partial charge in [0.2, 0.25) is 5.95 Å². The van der Waals surface area contributed by atoms with Gasteiger partial charge in [-0.25, -0.2) is 4.52 Å². The molecule has 1 aliphatic rings.